The van der Waals surface area contributed by atoms with Gasteiger partial charge in [0.1, 0.15) is 5.75 Å². The Morgan fingerprint density at radius 3 is 2.31 bits per heavy atom. The second-order valence-corrected chi connectivity index (χ2v) is 8.31. The van der Waals surface area contributed by atoms with Crippen LogP contribution in [0.25, 0.3) is 0 Å². The predicted molar refractivity (Wildman–Crippen MR) is 111 cm³/mol. The van der Waals surface area contributed by atoms with Crippen LogP contribution in [0.3, 0.4) is 0 Å². The van der Waals surface area contributed by atoms with E-state index in [4.69, 9.17) is 4.74 Å². The van der Waals surface area contributed by atoms with Crippen molar-refractivity contribution >= 4 is 11.8 Å². The lowest BCUT2D eigenvalue weighted by molar-refractivity contribution is -0.140. The molecule has 0 aromatic heterocycles. The molecule has 1 unspecified atom stereocenters. The summed E-state index contributed by atoms with van der Waals surface area (Å²) in [6, 6.07) is 19.6. The third-order valence-corrected chi connectivity index (χ3v) is 6.16. The number of para-hydroxylation sites is 1. The number of likely N-dealkylation sites (tertiary alicyclic amines) is 2. The third-order valence-electron chi connectivity index (χ3n) is 6.16. The molecule has 29 heavy (non-hydrogen) atoms. The Balaban J connectivity index is 1.32. The van der Waals surface area contributed by atoms with Crippen molar-refractivity contribution < 1.29 is 14.3 Å². The first-order chi connectivity index (χ1) is 14.0. The summed E-state index contributed by atoms with van der Waals surface area (Å²) < 4.78 is 5.79. The molecule has 2 fully saturated rings. The highest BCUT2D eigenvalue weighted by Crippen LogP contribution is 2.41. The quantitative estimate of drug-likeness (QED) is 0.783. The minimum absolute atomic E-state index is 0.00612. The van der Waals surface area contributed by atoms with Crippen LogP contribution in [0.1, 0.15) is 31.7 Å². The van der Waals surface area contributed by atoms with E-state index in [9.17, 15) is 9.59 Å². The Kier molecular flexibility index (Phi) is 5.56. The molecular weight excluding hydrogens is 364 g/mol. The molecule has 1 spiro atoms. The van der Waals surface area contributed by atoms with E-state index in [1.54, 1.807) is 6.92 Å². The number of hydrogen-bond acceptors (Lipinski definition) is 3. The van der Waals surface area contributed by atoms with E-state index in [2.05, 4.69) is 12.1 Å². The topological polar surface area (TPSA) is 49.9 Å². The van der Waals surface area contributed by atoms with E-state index in [1.807, 2.05) is 58.3 Å². The molecule has 2 aromatic carbocycles. The summed E-state index contributed by atoms with van der Waals surface area (Å²) in [6.45, 7) is 4.65. The number of nitrogens with zero attached hydrogens (tertiary/aromatic N) is 2. The Labute approximate surface area is 172 Å². The number of carbonyl (C=O) groups is 2. The fourth-order valence-corrected chi connectivity index (χ4v) is 4.48. The number of ether oxygens (including phenoxy) is 1. The number of piperidine rings is 1. The van der Waals surface area contributed by atoms with Crippen LogP contribution in [0.15, 0.2) is 60.7 Å². The minimum Gasteiger partial charge on any atom is -0.481 e. The monoisotopic (exact) mass is 392 g/mol. The van der Waals surface area contributed by atoms with Crippen LogP contribution in [-0.2, 0) is 16.1 Å². The van der Waals surface area contributed by atoms with Gasteiger partial charge in [-0.3, -0.25) is 9.59 Å². The van der Waals surface area contributed by atoms with Crippen LogP contribution in [0, 0.1) is 5.41 Å². The van der Waals surface area contributed by atoms with Crippen LogP contribution in [0.5, 0.6) is 5.75 Å². The van der Waals surface area contributed by atoms with E-state index >= 15 is 0 Å². The Morgan fingerprint density at radius 2 is 1.66 bits per heavy atom. The van der Waals surface area contributed by atoms with Gasteiger partial charge in [0, 0.05) is 38.0 Å². The van der Waals surface area contributed by atoms with Crippen molar-refractivity contribution in [1.29, 1.82) is 0 Å². The Morgan fingerprint density at radius 1 is 1.03 bits per heavy atom. The second kappa shape index (κ2) is 8.27. The number of carbonyl (C=O) groups excluding carboxylic acids is 2. The van der Waals surface area contributed by atoms with Crippen LogP contribution in [-0.4, -0.2) is 47.4 Å². The lowest BCUT2D eigenvalue weighted by Crippen LogP contribution is -2.48. The number of hydrogen-bond donors (Lipinski definition) is 0. The smallest absolute Gasteiger partial charge is 0.263 e. The molecule has 4 rings (SSSR count). The Bertz CT molecular complexity index is 845. The fourth-order valence-electron chi connectivity index (χ4n) is 4.48. The molecule has 2 amide bonds. The molecule has 0 saturated carbocycles. The highest BCUT2D eigenvalue weighted by Gasteiger charge is 2.45. The van der Waals surface area contributed by atoms with Gasteiger partial charge >= 0.3 is 0 Å². The molecule has 2 saturated heterocycles. The summed E-state index contributed by atoms with van der Waals surface area (Å²) >= 11 is 0. The fraction of sp³-hybridized carbons (Fsp3) is 0.417. The normalized spacial score (nSPS) is 19.4. The van der Waals surface area contributed by atoms with Gasteiger partial charge in [-0.1, -0.05) is 48.5 Å². The molecule has 2 aromatic rings. The molecule has 2 aliphatic heterocycles. The average molecular weight is 392 g/mol. The Hall–Kier alpha value is -2.82. The third kappa shape index (κ3) is 4.44. The summed E-state index contributed by atoms with van der Waals surface area (Å²) in [5.41, 5.74) is 1.17. The highest BCUT2D eigenvalue weighted by atomic mass is 16.5. The summed E-state index contributed by atoms with van der Waals surface area (Å²) in [4.78, 5) is 29.3. The average Bonchev–Trinajstić information content (AvgIpc) is 3.04. The van der Waals surface area contributed by atoms with Crippen molar-refractivity contribution in [1.82, 2.24) is 9.80 Å². The predicted octanol–water partition coefficient (Wildman–Crippen LogP) is 3.50. The maximum Gasteiger partial charge on any atom is 0.263 e. The van der Waals surface area contributed by atoms with Gasteiger partial charge in [-0.25, -0.2) is 0 Å². The van der Waals surface area contributed by atoms with Crippen molar-refractivity contribution in [3.63, 3.8) is 0 Å². The molecule has 0 radical (unpaired) electrons. The van der Waals surface area contributed by atoms with E-state index in [0.29, 0.717) is 31.8 Å². The molecular formula is C24H28N2O3. The van der Waals surface area contributed by atoms with E-state index in [-0.39, 0.29) is 17.2 Å². The van der Waals surface area contributed by atoms with Crippen molar-refractivity contribution in [3.05, 3.63) is 66.2 Å². The SMILES string of the molecule is CC(Oc1ccccc1)C(=O)N1CCC2(CC1)CC(=O)N(Cc1ccccc1)C2. The zero-order valence-electron chi connectivity index (χ0n) is 16.9. The second-order valence-electron chi connectivity index (χ2n) is 8.31. The van der Waals surface area contributed by atoms with Gasteiger partial charge in [-0.05, 0) is 37.5 Å². The first kappa shape index (κ1) is 19.5. The van der Waals surface area contributed by atoms with Gasteiger partial charge in [0.2, 0.25) is 5.91 Å². The maximum absolute atomic E-state index is 12.8. The zero-order valence-corrected chi connectivity index (χ0v) is 16.9. The molecule has 0 bridgehead atoms. The summed E-state index contributed by atoms with van der Waals surface area (Å²) in [5, 5.41) is 0. The van der Waals surface area contributed by atoms with E-state index in [1.165, 1.54) is 0 Å². The lowest BCUT2D eigenvalue weighted by atomic mass is 9.77. The van der Waals surface area contributed by atoms with Crippen LogP contribution >= 0.6 is 0 Å². The lowest BCUT2D eigenvalue weighted by Gasteiger charge is -2.39. The molecule has 5 nitrogen and oxygen atoms in total. The zero-order chi connectivity index (χ0) is 20.3. The number of amides is 2. The van der Waals surface area contributed by atoms with Crippen molar-refractivity contribution in [2.45, 2.75) is 38.8 Å². The molecule has 152 valence electrons. The molecule has 2 aliphatic rings. The molecule has 0 N–H and O–H groups in total. The van der Waals surface area contributed by atoms with Gasteiger partial charge in [0.25, 0.3) is 5.91 Å². The standard InChI is InChI=1S/C24H28N2O3/c1-19(29-21-10-6-3-7-11-21)23(28)25-14-12-24(13-15-25)16-22(27)26(18-24)17-20-8-4-2-5-9-20/h2-11,19H,12-18H2,1H3. The molecule has 1 atom stereocenters. The van der Waals surface area contributed by atoms with Crippen molar-refractivity contribution in [2.75, 3.05) is 19.6 Å². The molecule has 2 heterocycles. The van der Waals surface area contributed by atoms with Gasteiger partial charge in [-0.2, -0.15) is 0 Å². The van der Waals surface area contributed by atoms with Crippen LogP contribution < -0.4 is 4.74 Å². The van der Waals surface area contributed by atoms with Gasteiger partial charge < -0.3 is 14.5 Å². The minimum atomic E-state index is -0.508. The largest absolute Gasteiger partial charge is 0.481 e. The number of rotatable bonds is 5. The van der Waals surface area contributed by atoms with Gasteiger partial charge in [0.05, 0.1) is 0 Å². The summed E-state index contributed by atoms with van der Waals surface area (Å²) in [7, 11) is 0. The van der Waals surface area contributed by atoms with Gasteiger partial charge in [-0.15, -0.1) is 0 Å². The maximum atomic E-state index is 12.8. The molecule has 5 heteroatoms. The van der Waals surface area contributed by atoms with Gasteiger partial charge in [0.15, 0.2) is 6.10 Å². The van der Waals surface area contributed by atoms with E-state index < -0.39 is 6.10 Å². The first-order valence-electron chi connectivity index (χ1n) is 10.4. The van der Waals surface area contributed by atoms with Crippen molar-refractivity contribution in [3.8, 4) is 5.75 Å². The van der Waals surface area contributed by atoms with E-state index in [0.717, 1.165) is 24.9 Å². The first-order valence-corrected chi connectivity index (χ1v) is 10.4. The van der Waals surface area contributed by atoms with Crippen molar-refractivity contribution in [2.24, 2.45) is 5.41 Å². The highest BCUT2D eigenvalue weighted by molar-refractivity contribution is 5.81. The van der Waals surface area contributed by atoms with Crippen LogP contribution in [0.4, 0.5) is 0 Å². The summed E-state index contributed by atoms with van der Waals surface area (Å²) in [5.74, 6) is 0.961. The number of benzene rings is 2. The molecule has 0 aliphatic carbocycles. The van der Waals surface area contributed by atoms with Crippen LogP contribution in [0.2, 0.25) is 0 Å². The summed E-state index contributed by atoms with van der Waals surface area (Å²) in [6.07, 6.45) is 1.82.